The number of rotatable bonds is 5. The summed E-state index contributed by atoms with van der Waals surface area (Å²) >= 11 is 0. The minimum Gasteiger partial charge on any atom is -0.396 e. The summed E-state index contributed by atoms with van der Waals surface area (Å²) in [6.45, 7) is 4.85. The van der Waals surface area contributed by atoms with E-state index in [4.69, 9.17) is 10.5 Å². The number of nitrogen functional groups attached to an aromatic ring is 1. The Bertz CT molecular complexity index is 426. The molecule has 114 valence electrons. The molecule has 1 aliphatic rings. The van der Waals surface area contributed by atoms with Crippen LogP contribution in [0.4, 0.5) is 14.5 Å². The zero-order valence-corrected chi connectivity index (χ0v) is 12.1. The van der Waals surface area contributed by atoms with Gasteiger partial charge in [0.15, 0.2) is 5.69 Å². The molecule has 2 N–H and O–H groups in total. The minimum atomic E-state index is -2.60. The lowest BCUT2D eigenvalue weighted by Gasteiger charge is -2.29. The molecule has 1 saturated carbocycles. The molecule has 2 rings (SSSR count). The van der Waals surface area contributed by atoms with Gasteiger partial charge in [0.1, 0.15) is 0 Å². The summed E-state index contributed by atoms with van der Waals surface area (Å²) in [6, 6.07) is 0.181. The highest BCUT2D eigenvalue weighted by molar-refractivity contribution is 5.41. The molecule has 1 heterocycles. The monoisotopic (exact) mass is 287 g/mol. The number of halogens is 2. The van der Waals surface area contributed by atoms with Crippen LogP contribution in [0.5, 0.6) is 0 Å². The number of alkyl halides is 2. The number of nitrogens with two attached hydrogens (primary N) is 1. The second-order valence-electron chi connectivity index (χ2n) is 5.81. The van der Waals surface area contributed by atoms with E-state index >= 15 is 0 Å². The summed E-state index contributed by atoms with van der Waals surface area (Å²) in [5.74, 6) is 0.566. The zero-order chi connectivity index (χ0) is 14.7. The van der Waals surface area contributed by atoms with E-state index in [0.717, 1.165) is 32.3 Å². The van der Waals surface area contributed by atoms with Gasteiger partial charge in [0.05, 0.1) is 17.8 Å². The van der Waals surface area contributed by atoms with Crippen molar-refractivity contribution in [2.24, 2.45) is 5.92 Å². The van der Waals surface area contributed by atoms with Gasteiger partial charge in [0, 0.05) is 12.8 Å². The highest BCUT2D eigenvalue weighted by Gasteiger charge is 2.25. The predicted octanol–water partition coefficient (Wildman–Crippen LogP) is 3.56. The quantitative estimate of drug-likeness (QED) is 0.901. The van der Waals surface area contributed by atoms with E-state index in [0.29, 0.717) is 5.92 Å². The second kappa shape index (κ2) is 6.52. The number of anilines is 1. The van der Waals surface area contributed by atoms with Crippen molar-refractivity contribution < 1.29 is 13.5 Å². The summed E-state index contributed by atoms with van der Waals surface area (Å²) in [4.78, 5) is 0. The lowest BCUT2D eigenvalue weighted by atomic mass is 9.86. The largest absolute Gasteiger partial charge is 0.396 e. The lowest BCUT2D eigenvalue weighted by Crippen LogP contribution is -2.22. The van der Waals surface area contributed by atoms with Gasteiger partial charge in [0.2, 0.25) is 0 Å². The summed E-state index contributed by atoms with van der Waals surface area (Å²) in [5.41, 5.74) is 5.37. The number of hydrogen-bond donors (Lipinski definition) is 1. The van der Waals surface area contributed by atoms with Crippen molar-refractivity contribution in [2.75, 3.05) is 12.3 Å². The van der Waals surface area contributed by atoms with Gasteiger partial charge in [-0.3, -0.25) is 4.68 Å². The molecule has 0 aromatic carbocycles. The van der Waals surface area contributed by atoms with Crippen LogP contribution in [0, 0.1) is 5.92 Å². The molecule has 1 fully saturated rings. The third kappa shape index (κ3) is 3.69. The Balaban J connectivity index is 1.89. The molecule has 1 aromatic heterocycles. The summed E-state index contributed by atoms with van der Waals surface area (Å²) in [5, 5.41) is 3.94. The van der Waals surface area contributed by atoms with Gasteiger partial charge in [-0.1, -0.05) is 0 Å². The number of nitrogens with zero attached hydrogens (tertiary/aromatic N) is 2. The van der Waals surface area contributed by atoms with Crippen LogP contribution in [0.15, 0.2) is 6.20 Å². The molecule has 1 aliphatic carbocycles. The van der Waals surface area contributed by atoms with E-state index in [9.17, 15) is 8.78 Å². The Kier molecular flexibility index (Phi) is 4.96. The van der Waals surface area contributed by atoms with Crippen LogP contribution in [0.3, 0.4) is 0 Å². The summed E-state index contributed by atoms with van der Waals surface area (Å²) < 4.78 is 32.6. The first kappa shape index (κ1) is 15.2. The molecule has 0 saturated heterocycles. The fraction of sp³-hybridized carbons (Fsp3) is 0.786. The third-order valence-corrected chi connectivity index (χ3v) is 3.85. The normalized spacial score (nSPS) is 23.7. The Morgan fingerprint density at radius 1 is 1.35 bits per heavy atom. The molecule has 0 atom stereocenters. The van der Waals surface area contributed by atoms with Crippen LogP contribution in [0.25, 0.3) is 0 Å². The van der Waals surface area contributed by atoms with Crippen LogP contribution in [0.1, 0.15) is 57.7 Å². The van der Waals surface area contributed by atoms with Gasteiger partial charge in [-0.05, 0) is 45.4 Å². The molecule has 6 heteroatoms. The maximum atomic E-state index is 12.7. The molecule has 0 aliphatic heterocycles. The SMILES string of the molecule is CC(C)OC[C@H]1CC[C@H](n2cc(N)c(C(F)F)n2)CC1. The van der Waals surface area contributed by atoms with Crippen LogP contribution in [-0.2, 0) is 4.74 Å². The van der Waals surface area contributed by atoms with Gasteiger partial charge in [-0.25, -0.2) is 8.78 Å². The molecule has 0 spiro atoms. The maximum absolute atomic E-state index is 12.7. The molecule has 4 nitrogen and oxygen atoms in total. The van der Waals surface area contributed by atoms with Crippen molar-refractivity contribution in [3.63, 3.8) is 0 Å². The van der Waals surface area contributed by atoms with Gasteiger partial charge < -0.3 is 10.5 Å². The first-order chi connectivity index (χ1) is 9.47. The first-order valence-corrected chi connectivity index (χ1v) is 7.21. The Morgan fingerprint density at radius 3 is 2.50 bits per heavy atom. The van der Waals surface area contributed by atoms with Crippen LogP contribution in [0.2, 0.25) is 0 Å². The molecule has 20 heavy (non-hydrogen) atoms. The highest BCUT2D eigenvalue weighted by Crippen LogP contribution is 2.34. The maximum Gasteiger partial charge on any atom is 0.284 e. The van der Waals surface area contributed by atoms with Crippen molar-refractivity contribution in [1.29, 1.82) is 0 Å². The van der Waals surface area contributed by atoms with E-state index in [1.54, 1.807) is 4.68 Å². The van der Waals surface area contributed by atoms with E-state index < -0.39 is 6.43 Å². The van der Waals surface area contributed by atoms with Crippen molar-refractivity contribution in [1.82, 2.24) is 9.78 Å². The van der Waals surface area contributed by atoms with E-state index in [1.807, 2.05) is 13.8 Å². The standard InChI is InChI=1S/C14H23F2N3O/c1-9(2)20-8-10-3-5-11(6-4-10)19-7-12(17)13(18-19)14(15)16/h7,9-11,14H,3-6,8,17H2,1-2H3/t10-,11-. The topological polar surface area (TPSA) is 53.1 Å². The number of ether oxygens (including phenoxy) is 1. The van der Waals surface area contributed by atoms with Crippen molar-refractivity contribution in [3.05, 3.63) is 11.9 Å². The molecular weight excluding hydrogens is 264 g/mol. The van der Waals surface area contributed by atoms with Crippen molar-refractivity contribution >= 4 is 5.69 Å². The van der Waals surface area contributed by atoms with E-state index in [1.165, 1.54) is 6.20 Å². The molecule has 0 amide bonds. The predicted molar refractivity (Wildman–Crippen MR) is 73.7 cm³/mol. The van der Waals surface area contributed by atoms with Gasteiger partial charge in [-0.15, -0.1) is 0 Å². The molecule has 0 bridgehead atoms. The minimum absolute atomic E-state index is 0.0882. The number of hydrogen-bond acceptors (Lipinski definition) is 3. The van der Waals surface area contributed by atoms with Crippen LogP contribution in [-0.4, -0.2) is 22.5 Å². The van der Waals surface area contributed by atoms with Crippen LogP contribution < -0.4 is 5.73 Å². The summed E-state index contributed by atoms with van der Waals surface area (Å²) in [6.07, 6.45) is 3.16. The fourth-order valence-corrected chi connectivity index (χ4v) is 2.68. The van der Waals surface area contributed by atoms with Crippen molar-refractivity contribution in [2.45, 2.75) is 58.1 Å². The third-order valence-electron chi connectivity index (χ3n) is 3.85. The smallest absolute Gasteiger partial charge is 0.284 e. The molecule has 0 unspecified atom stereocenters. The van der Waals surface area contributed by atoms with Crippen LogP contribution >= 0.6 is 0 Å². The molecule has 0 radical (unpaired) electrons. The Hall–Kier alpha value is -1.17. The Morgan fingerprint density at radius 2 is 2.00 bits per heavy atom. The average molecular weight is 287 g/mol. The zero-order valence-electron chi connectivity index (χ0n) is 12.1. The van der Waals surface area contributed by atoms with E-state index in [-0.39, 0.29) is 23.5 Å². The molecule has 1 aromatic rings. The van der Waals surface area contributed by atoms with Gasteiger partial charge in [0.25, 0.3) is 6.43 Å². The second-order valence-corrected chi connectivity index (χ2v) is 5.81. The first-order valence-electron chi connectivity index (χ1n) is 7.21. The fourth-order valence-electron chi connectivity index (χ4n) is 2.68. The van der Waals surface area contributed by atoms with E-state index in [2.05, 4.69) is 5.10 Å². The van der Waals surface area contributed by atoms with Gasteiger partial charge in [-0.2, -0.15) is 5.10 Å². The summed E-state index contributed by atoms with van der Waals surface area (Å²) in [7, 11) is 0. The Labute approximate surface area is 118 Å². The average Bonchev–Trinajstić information content (AvgIpc) is 2.79. The van der Waals surface area contributed by atoms with Gasteiger partial charge >= 0.3 is 0 Å². The molecular formula is C14H23F2N3O. The lowest BCUT2D eigenvalue weighted by molar-refractivity contribution is 0.0365. The highest BCUT2D eigenvalue weighted by atomic mass is 19.3. The van der Waals surface area contributed by atoms with Crippen molar-refractivity contribution in [3.8, 4) is 0 Å². The number of aromatic nitrogens is 2.